The zero-order valence-corrected chi connectivity index (χ0v) is 20.2. The molecule has 0 saturated heterocycles. The molecule has 0 saturated carbocycles. The first-order valence-corrected chi connectivity index (χ1v) is 11.2. The van der Waals surface area contributed by atoms with Gasteiger partial charge in [0.2, 0.25) is 11.8 Å². The number of ether oxygens (including phenoxy) is 1. The Kier molecular flexibility index (Phi) is 7.71. The third kappa shape index (κ3) is 5.81. The molecule has 1 unspecified atom stereocenters. The number of aryl methyl sites for hydroxylation is 1. The highest BCUT2D eigenvalue weighted by Gasteiger charge is 2.26. The molecule has 0 spiro atoms. The van der Waals surface area contributed by atoms with Crippen molar-refractivity contribution in [1.29, 1.82) is 0 Å². The number of hydrogen-bond acceptors (Lipinski definition) is 4. The molecule has 8 heteroatoms. The molecule has 2 aromatic carbocycles. The number of rotatable bonds is 9. The Morgan fingerprint density at radius 1 is 1.15 bits per heavy atom. The Morgan fingerprint density at radius 3 is 2.47 bits per heavy atom. The molecule has 0 aliphatic carbocycles. The molecule has 0 aliphatic heterocycles. The van der Waals surface area contributed by atoms with Crippen molar-refractivity contribution in [1.82, 2.24) is 20.4 Å². The molecule has 1 atom stereocenters. The first-order valence-electron chi connectivity index (χ1n) is 11.2. The van der Waals surface area contributed by atoms with Crippen LogP contribution in [0.1, 0.15) is 61.3 Å². The highest BCUT2D eigenvalue weighted by atomic mass is 19.1. The Labute approximate surface area is 199 Å². The number of carbonyl (C=O) groups excluding carboxylic acids is 2. The average Bonchev–Trinajstić information content (AvgIpc) is 3.23. The van der Waals surface area contributed by atoms with E-state index in [9.17, 15) is 14.0 Å². The number of amides is 2. The summed E-state index contributed by atoms with van der Waals surface area (Å²) in [7, 11) is 1.42. The molecule has 2 amide bonds. The number of nitrogens with zero attached hydrogens (tertiary/aromatic N) is 2. The smallest absolute Gasteiger partial charge is 0.272 e. The van der Waals surface area contributed by atoms with Gasteiger partial charge in [0.25, 0.3) is 5.91 Å². The van der Waals surface area contributed by atoms with Crippen LogP contribution in [0.25, 0.3) is 5.69 Å². The van der Waals surface area contributed by atoms with Crippen LogP contribution in [0.3, 0.4) is 0 Å². The van der Waals surface area contributed by atoms with E-state index >= 15 is 0 Å². The van der Waals surface area contributed by atoms with Gasteiger partial charge in [-0.15, -0.1) is 0 Å². The number of para-hydroxylation sites is 1. The highest BCUT2D eigenvalue weighted by molar-refractivity contribution is 5.93. The van der Waals surface area contributed by atoms with Gasteiger partial charge < -0.3 is 15.4 Å². The van der Waals surface area contributed by atoms with E-state index in [0.717, 1.165) is 17.5 Å². The van der Waals surface area contributed by atoms with Crippen LogP contribution in [0.5, 0.6) is 5.88 Å². The van der Waals surface area contributed by atoms with E-state index in [1.165, 1.54) is 23.9 Å². The molecule has 1 heterocycles. The van der Waals surface area contributed by atoms with Crippen molar-refractivity contribution in [3.63, 3.8) is 0 Å². The zero-order chi connectivity index (χ0) is 24.9. The molecule has 3 aromatic rings. The largest absolute Gasteiger partial charge is 0.481 e. The van der Waals surface area contributed by atoms with Crippen LogP contribution in [0.4, 0.5) is 4.39 Å². The fourth-order valence-corrected chi connectivity index (χ4v) is 3.57. The van der Waals surface area contributed by atoms with E-state index in [2.05, 4.69) is 15.7 Å². The molecular formula is C26H31FN4O3. The van der Waals surface area contributed by atoms with Crippen LogP contribution in [0, 0.1) is 12.7 Å². The number of aromatic nitrogens is 2. The predicted molar refractivity (Wildman–Crippen MR) is 129 cm³/mol. The number of benzene rings is 2. The van der Waals surface area contributed by atoms with Gasteiger partial charge in [-0.3, -0.25) is 9.59 Å². The lowest BCUT2D eigenvalue weighted by Gasteiger charge is -2.27. The summed E-state index contributed by atoms with van der Waals surface area (Å²) in [6.45, 7) is 7.83. The number of hydrogen-bond donors (Lipinski definition) is 2. The third-order valence-corrected chi connectivity index (χ3v) is 5.82. The average molecular weight is 467 g/mol. The highest BCUT2D eigenvalue weighted by Crippen LogP contribution is 2.24. The zero-order valence-electron chi connectivity index (χ0n) is 20.2. The fraction of sp³-hybridized carbons (Fsp3) is 0.346. The minimum atomic E-state index is -0.578. The molecule has 180 valence electrons. The topological polar surface area (TPSA) is 85.3 Å². The second-order valence-corrected chi connectivity index (χ2v) is 8.81. The van der Waals surface area contributed by atoms with Crippen molar-refractivity contribution in [2.45, 2.75) is 52.1 Å². The summed E-state index contributed by atoms with van der Waals surface area (Å²) in [6, 6.07) is 14.5. The molecule has 3 rings (SSSR count). The van der Waals surface area contributed by atoms with E-state index < -0.39 is 17.8 Å². The van der Waals surface area contributed by atoms with E-state index in [4.69, 9.17) is 4.74 Å². The number of methoxy groups -OCH3 is 1. The summed E-state index contributed by atoms with van der Waals surface area (Å²) in [5.74, 6) is -0.951. The quantitative estimate of drug-likeness (QED) is 0.486. The van der Waals surface area contributed by atoms with Gasteiger partial charge in [-0.05, 0) is 50.5 Å². The number of halogens is 1. The second-order valence-electron chi connectivity index (χ2n) is 8.81. The van der Waals surface area contributed by atoms with E-state index in [-0.39, 0.29) is 35.1 Å². The van der Waals surface area contributed by atoms with Gasteiger partial charge in [0.05, 0.1) is 19.6 Å². The Morgan fingerprint density at radius 2 is 1.82 bits per heavy atom. The van der Waals surface area contributed by atoms with Crippen molar-refractivity contribution in [3.8, 4) is 11.6 Å². The first kappa shape index (κ1) is 25.0. The van der Waals surface area contributed by atoms with Crippen molar-refractivity contribution in [3.05, 3.63) is 77.2 Å². The van der Waals surface area contributed by atoms with Gasteiger partial charge in [0.1, 0.15) is 11.5 Å². The molecule has 7 nitrogen and oxygen atoms in total. The molecular weight excluding hydrogens is 435 g/mol. The van der Waals surface area contributed by atoms with Crippen LogP contribution in [-0.4, -0.2) is 34.2 Å². The van der Waals surface area contributed by atoms with Crippen LogP contribution >= 0.6 is 0 Å². The van der Waals surface area contributed by atoms with Gasteiger partial charge in [0, 0.05) is 11.6 Å². The van der Waals surface area contributed by atoms with E-state index in [1.54, 1.807) is 18.2 Å². The lowest BCUT2D eigenvalue weighted by Crippen LogP contribution is -2.44. The summed E-state index contributed by atoms with van der Waals surface area (Å²) in [5.41, 5.74) is 1.64. The maximum absolute atomic E-state index is 14.3. The molecule has 1 aromatic heterocycles. The molecule has 0 fully saturated rings. The van der Waals surface area contributed by atoms with Gasteiger partial charge >= 0.3 is 0 Å². The predicted octanol–water partition coefficient (Wildman–Crippen LogP) is 4.49. The van der Waals surface area contributed by atoms with Gasteiger partial charge in [-0.25, -0.2) is 4.39 Å². The maximum Gasteiger partial charge on any atom is 0.272 e. The Hall–Kier alpha value is -3.68. The van der Waals surface area contributed by atoms with Crippen LogP contribution < -0.4 is 15.4 Å². The van der Waals surface area contributed by atoms with Crippen molar-refractivity contribution in [2.75, 3.05) is 7.11 Å². The van der Waals surface area contributed by atoms with Gasteiger partial charge in [-0.1, -0.05) is 43.3 Å². The van der Waals surface area contributed by atoms with Crippen molar-refractivity contribution in [2.24, 2.45) is 0 Å². The minimum Gasteiger partial charge on any atom is -0.481 e. The summed E-state index contributed by atoms with van der Waals surface area (Å²) >= 11 is 0. The van der Waals surface area contributed by atoms with Crippen LogP contribution in [0.2, 0.25) is 0 Å². The maximum atomic E-state index is 14.3. The third-order valence-electron chi connectivity index (χ3n) is 5.82. The summed E-state index contributed by atoms with van der Waals surface area (Å²) < 4.78 is 20.9. The molecule has 0 radical (unpaired) electrons. The summed E-state index contributed by atoms with van der Waals surface area (Å²) in [4.78, 5) is 26.0. The standard InChI is InChI=1S/C26H31FN4O3/c1-6-26(3,4)29-23(32)15-20(18-12-8-7-11-17(18)2)28-25(33)21-16-24(34-5)31(30-21)22-14-10-9-13-19(22)27/h7-14,16,20H,6,15H2,1-5H3,(H,28,33)(H,29,32). The van der Waals surface area contributed by atoms with Crippen LogP contribution in [0.15, 0.2) is 54.6 Å². The normalized spacial score (nSPS) is 12.2. The summed E-state index contributed by atoms with van der Waals surface area (Å²) in [6.07, 6.45) is 0.832. The fourth-order valence-electron chi connectivity index (χ4n) is 3.57. The number of carbonyl (C=O) groups is 2. The van der Waals surface area contributed by atoms with Gasteiger partial charge in [-0.2, -0.15) is 9.78 Å². The van der Waals surface area contributed by atoms with E-state index in [0.29, 0.717) is 0 Å². The van der Waals surface area contributed by atoms with Gasteiger partial charge in [0.15, 0.2) is 5.69 Å². The van der Waals surface area contributed by atoms with Crippen molar-refractivity contribution < 1.29 is 18.7 Å². The lowest BCUT2D eigenvalue weighted by molar-refractivity contribution is -0.123. The Balaban J connectivity index is 1.89. The molecule has 0 bridgehead atoms. The van der Waals surface area contributed by atoms with Crippen LogP contribution in [-0.2, 0) is 4.79 Å². The second kappa shape index (κ2) is 10.5. The monoisotopic (exact) mass is 466 g/mol. The molecule has 34 heavy (non-hydrogen) atoms. The molecule has 0 aliphatic rings. The summed E-state index contributed by atoms with van der Waals surface area (Å²) in [5, 5.41) is 10.2. The van der Waals surface area contributed by atoms with E-state index in [1.807, 2.05) is 52.0 Å². The molecule has 2 N–H and O–H groups in total. The lowest BCUT2D eigenvalue weighted by atomic mass is 9.96. The number of nitrogens with one attached hydrogen (secondary N) is 2. The SMILES string of the molecule is CCC(C)(C)NC(=O)CC(NC(=O)c1cc(OC)n(-c2ccccc2F)n1)c1ccccc1C. The Bertz CT molecular complexity index is 1170. The van der Waals surface area contributed by atoms with Crippen molar-refractivity contribution >= 4 is 11.8 Å². The first-order chi connectivity index (χ1) is 16.1. The minimum absolute atomic E-state index is 0.0491.